The number of unbranched alkanes of at least 4 members (excludes halogenated alkanes) is 1. The van der Waals surface area contributed by atoms with E-state index in [0.29, 0.717) is 0 Å². The molecule has 0 unspecified atom stereocenters. The second-order valence-corrected chi connectivity index (χ2v) is 4.46. The molecule has 1 N–H and O–H groups in total. The second-order valence-electron chi connectivity index (χ2n) is 4.46. The lowest BCUT2D eigenvalue weighted by atomic mass is 10.1. The lowest BCUT2D eigenvalue weighted by Crippen LogP contribution is -2.03. The highest BCUT2D eigenvalue weighted by Gasteiger charge is 2.19. The number of non-ortho nitro benzene ring substituents is 1. The molecule has 0 aromatic heterocycles. The fraction of sp³-hybridized carbons (Fsp3) is 0.462. The Morgan fingerprint density at radius 2 is 1.95 bits per heavy atom. The largest absolute Gasteiger partial charge is 0.301 e. The van der Waals surface area contributed by atoms with Crippen LogP contribution in [0.1, 0.15) is 39.5 Å². The maximum atomic E-state index is 11.0. The topological polar surface area (TPSA) is 111 Å². The van der Waals surface area contributed by atoms with Crippen molar-refractivity contribution in [2.24, 2.45) is 5.10 Å². The summed E-state index contributed by atoms with van der Waals surface area (Å²) in [5, 5.41) is 25.8. The maximum Gasteiger partial charge on any atom is 0.301 e. The molecule has 114 valence electrons. The Bertz CT molecular complexity index is 557. The van der Waals surface area contributed by atoms with Gasteiger partial charge in [-0.1, -0.05) is 20.3 Å². The maximum absolute atomic E-state index is 11.0. The van der Waals surface area contributed by atoms with Gasteiger partial charge >= 0.3 is 5.69 Å². The summed E-state index contributed by atoms with van der Waals surface area (Å²) in [6.45, 7) is 4.03. The van der Waals surface area contributed by atoms with E-state index in [2.05, 4.69) is 17.5 Å². The van der Waals surface area contributed by atoms with Gasteiger partial charge in [-0.2, -0.15) is 5.10 Å². The van der Waals surface area contributed by atoms with Gasteiger partial charge in [-0.25, -0.2) is 0 Å². The Kier molecular flexibility index (Phi) is 6.25. The summed E-state index contributed by atoms with van der Waals surface area (Å²) in [5.41, 5.74) is 3.01. The van der Waals surface area contributed by atoms with Crippen LogP contribution in [0.5, 0.6) is 0 Å². The first kappa shape index (κ1) is 16.5. The van der Waals surface area contributed by atoms with Crippen LogP contribution in [0, 0.1) is 20.2 Å². The van der Waals surface area contributed by atoms with Crippen LogP contribution in [0.4, 0.5) is 17.1 Å². The molecule has 0 fully saturated rings. The summed E-state index contributed by atoms with van der Waals surface area (Å²) in [4.78, 5) is 20.3. The molecule has 0 saturated heterocycles. The number of hydrogen-bond acceptors (Lipinski definition) is 6. The van der Waals surface area contributed by atoms with Gasteiger partial charge in [0, 0.05) is 11.8 Å². The van der Waals surface area contributed by atoms with Crippen molar-refractivity contribution in [2.45, 2.75) is 39.5 Å². The minimum Gasteiger partial charge on any atom is -0.272 e. The minimum absolute atomic E-state index is 0.146. The van der Waals surface area contributed by atoms with Crippen LogP contribution in [0.3, 0.4) is 0 Å². The number of nitrogens with zero attached hydrogens (tertiary/aromatic N) is 3. The first-order chi connectivity index (χ1) is 9.99. The van der Waals surface area contributed by atoms with E-state index in [9.17, 15) is 20.2 Å². The van der Waals surface area contributed by atoms with Crippen LogP contribution in [-0.4, -0.2) is 15.6 Å². The Balaban J connectivity index is 2.99. The van der Waals surface area contributed by atoms with E-state index in [0.717, 1.165) is 37.5 Å². The number of nitro groups is 2. The van der Waals surface area contributed by atoms with Crippen molar-refractivity contribution >= 4 is 22.8 Å². The third kappa shape index (κ3) is 4.83. The zero-order valence-corrected chi connectivity index (χ0v) is 12.0. The number of anilines is 1. The predicted octanol–water partition coefficient (Wildman–Crippen LogP) is 3.87. The molecule has 1 aromatic rings. The van der Waals surface area contributed by atoms with Gasteiger partial charge in [-0.05, 0) is 25.3 Å². The minimum atomic E-state index is -0.668. The molecule has 0 saturated carbocycles. The molecule has 0 aliphatic heterocycles. The van der Waals surface area contributed by atoms with Crippen molar-refractivity contribution in [3.05, 3.63) is 38.4 Å². The summed E-state index contributed by atoms with van der Waals surface area (Å²) in [6.07, 6.45) is 3.60. The number of hydrogen-bond donors (Lipinski definition) is 1. The number of nitro benzene ring substituents is 2. The molecule has 0 radical (unpaired) electrons. The molecule has 0 amide bonds. The van der Waals surface area contributed by atoms with E-state index in [-0.39, 0.29) is 17.1 Å². The summed E-state index contributed by atoms with van der Waals surface area (Å²) in [6, 6.07) is 3.44. The monoisotopic (exact) mass is 294 g/mol. The molecule has 0 bridgehead atoms. The van der Waals surface area contributed by atoms with Crippen LogP contribution >= 0.6 is 0 Å². The van der Waals surface area contributed by atoms with Crippen molar-refractivity contribution in [3.63, 3.8) is 0 Å². The number of nitrogens with one attached hydrogen (secondary N) is 1. The van der Waals surface area contributed by atoms with Crippen LogP contribution in [0.15, 0.2) is 23.3 Å². The van der Waals surface area contributed by atoms with E-state index in [4.69, 9.17) is 0 Å². The zero-order valence-electron chi connectivity index (χ0n) is 12.0. The van der Waals surface area contributed by atoms with Crippen molar-refractivity contribution in [3.8, 4) is 0 Å². The van der Waals surface area contributed by atoms with Crippen molar-refractivity contribution in [1.29, 1.82) is 0 Å². The van der Waals surface area contributed by atoms with E-state index in [1.807, 2.05) is 6.92 Å². The van der Waals surface area contributed by atoms with Crippen molar-refractivity contribution in [1.82, 2.24) is 0 Å². The highest BCUT2D eigenvalue weighted by molar-refractivity contribution is 5.85. The quantitative estimate of drug-likeness (QED) is 0.444. The molecule has 1 aromatic carbocycles. The SMILES string of the molecule is CCCC/C(CC)=N/Nc1ccc([N+](=O)[O-])cc1[N+](=O)[O-]. The fourth-order valence-corrected chi connectivity index (χ4v) is 1.71. The fourth-order valence-electron chi connectivity index (χ4n) is 1.71. The Morgan fingerprint density at radius 1 is 1.24 bits per heavy atom. The summed E-state index contributed by atoms with van der Waals surface area (Å²) >= 11 is 0. The number of hydrazone groups is 1. The Morgan fingerprint density at radius 3 is 2.48 bits per heavy atom. The van der Waals surface area contributed by atoms with Crippen LogP contribution < -0.4 is 5.43 Å². The van der Waals surface area contributed by atoms with Crippen LogP contribution in [-0.2, 0) is 0 Å². The normalized spacial score (nSPS) is 11.2. The predicted molar refractivity (Wildman–Crippen MR) is 80.6 cm³/mol. The third-order valence-electron chi connectivity index (χ3n) is 2.95. The van der Waals surface area contributed by atoms with Crippen LogP contribution in [0.2, 0.25) is 0 Å². The summed E-state index contributed by atoms with van der Waals surface area (Å²) < 4.78 is 0. The average Bonchev–Trinajstić information content (AvgIpc) is 2.47. The highest BCUT2D eigenvalue weighted by atomic mass is 16.6. The molecule has 0 heterocycles. The van der Waals surface area contributed by atoms with Gasteiger partial charge in [0.25, 0.3) is 5.69 Å². The van der Waals surface area contributed by atoms with Gasteiger partial charge in [-0.3, -0.25) is 25.7 Å². The lowest BCUT2D eigenvalue weighted by Gasteiger charge is -2.05. The number of rotatable bonds is 8. The average molecular weight is 294 g/mol. The van der Waals surface area contributed by atoms with Gasteiger partial charge in [0.2, 0.25) is 0 Å². The molecule has 0 aliphatic rings. The Hall–Kier alpha value is -2.51. The number of benzene rings is 1. The van der Waals surface area contributed by atoms with Gasteiger partial charge in [0.1, 0.15) is 5.69 Å². The molecular formula is C13H18N4O4. The molecular weight excluding hydrogens is 276 g/mol. The Labute approximate surface area is 122 Å². The van der Waals surface area contributed by atoms with E-state index < -0.39 is 9.85 Å². The van der Waals surface area contributed by atoms with Crippen molar-refractivity contribution < 1.29 is 9.85 Å². The standard InChI is InChI=1S/C13H18N4O4/c1-3-5-6-10(4-2)14-15-12-8-7-11(16(18)19)9-13(12)17(20)21/h7-9,15H,3-6H2,1-2H3/b14-10+. The molecule has 21 heavy (non-hydrogen) atoms. The van der Waals surface area contributed by atoms with Gasteiger partial charge in [-0.15, -0.1) is 0 Å². The molecule has 1 rings (SSSR count). The molecule has 0 atom stereocenters. The first-order valence-electron chi connectivity index (χ1n) is 6.73. The van der Waals surface area contributed by atoms with Gasteiger partial charge in [0.05, 0.1) is 15.9 Å². The molecule has 0 spiro atoms. The molecule has 0 aliphatic carbocycles. The molecule has 8 nitrogen and oxygen atoms in total. The van der Waals surface area contributed by atoms with E-state index in [1.165, 1.54) is 12.1 Å². The van der Waals surface area contributed by atoms with Gasteiger partial charge in [0.15, 0.2) is 0 Å². The third-order valence-corrected chi connectivity index (χ3v) is 2.95. The smallest absolute Gasteiger partial charge is 0.272 e. The van der Waals surface area contributed by atoms with Crippen LogP contribution in [0.25, 0.3) is 0 Å². The van der Waals surface area contributed by atoms with E-state index >= 15 is 0 Å². The highest BCUT2D eigenvalue weighted by Crippen LogP contribution is 2.28. The van der Waals surface area contributed by atoms with Gasteiger partial charge < -0.3 is 0 Å². The zero-order chi connectivity index (χ0) is 15.8. The summed E-state index contributed by atoms with van der Waals surface area (Å²) in [7, 11) is 0. The molecule has 8 heteroatoms. The summed E-state index contributed by atoms with van der Waals surface area (Å²) in [5.74, 6) is 0. The second kappa shape index (κ2) is 7.93. The van der Waals surface area contributed by atoms with E-state index in [1.54, 1.807) is 0 Å². The first-order valence-corrected chi connectivity index (χ1v) is 6.73. The lowest BCUT2D eigenvalue weighted by molar-refractivity contribution is -0.393. The van der Waals surface area contributed by atoms with Crippen molar-refractivity contribution in [2.75, 3.05) is 5.43 Å².